The third kappa shape index (κ3) is 1.41. The Morgan fingerprint density at radius 1 is 1.41 bits per heavy atom. The van der Waals surface area contributed by atoms with E-state index in [1.807, 2.05) is 29.8 Å². The Bertz CT molecular complexity index is 706. The highest BCUT2D eigenvalue weighted by atomic mass is 32.1. The van der Waals surface area contributed by atoms with Crippen LogP contribution in [0.1, 0.15) is 21.9 Å². The lowest BCUT2D eigenvalue weighted by atomic mass is 10.3. The summed E-state index contributed by atoms with van der Waals surface area (Å²) in [7, 11) is 0. The van der Waals surface area contributed by atoms with Gasteiger partial charge >= 0.3 is 0 Å². The molecule has 0 spiro atoms. The molecule has 5 nitrogen and oxygen atoms in total. The molecule has 0 bridgehead atoms. The smallest absolute Gasteiger partial charge is 0.194 e. The quantitative estimate of drug-likeness (QED) is 0.705. The van der Waals surface area contributed by atoms with Crippen LogP contribution < -0.4 is 0 Å². The standard InChI is InChI=1S/C11H10N4OS/c1-6-8(5-16)14-10(12-6)9-7(2)13-11-15(9)3-4-17-11/h3-5H,1-2H3,(H,12,14). The fraction of sp³-hybridized carbons (Fsp3) is 0.182. The topological polar surface area (TPSA) is 63.1 Å². The molecule has 3 aromatic rings. The molecule has 0 aliphatic heterocycles. The molecule has 0 aliphatic carbocycles. The molecule has 3 aromatic heterocycles. The third-order valence-corrected chi connectivity index (χ3v) is 3.45. The minimum Gasteiger partial charge on any atom is -0.340 e. The van der Waals surface area contributed by atoms with E-state index < -0.39 is 0 Å². The van der Waals surface area contributed by atoms with E-state index in [2.05, 4.69) is 15.0 Å². The largest absolute Gasteiger partial charge is 0.340 e. The Hall–Kier alpha value is -1.95. The highest BCUT2D eigenvalue weighted by molar-refractivity contribution is 7.15. The van der Waals surface area contributed by atoms with Crippen molar-refractivity contribution in [3.8, 4) is 11.5 Å². The summed E-state index contributed by atoms with van der Waals surface area (Å²) in [5.74, 6) is 0.688. The molecule has 0 atom stereocenters. The maximum atomic E-state index is 10.8. The van der Waals surface area contributed by atoms with Gasteiger partial charge in [0, 0.05) is 17.3 Å². The van der Waals surface area contributed by atoms with Gasteiger partial charge in [-0.3, -0.25) is 9.20 Å². The summed E-state index contributed by atoms with van der Waals surface area (Å²) in [6.45, 7) is 3.77. The summed E-state index contributed by atoms with van der Waals surface area (Å²) < 4.78 is 1.98. The van der Waals surface area contributed by atoms with E-state index in [-0.39, 0.29) is 0 Å². The second-order valence-electron chi connectivity index (χ2n) is 3.81. The number of H-pyrrole nitrogens is 1. The predicted octanol–water partition coefficient (Wildman–Crippen LogP) is 2.22. The van der Waals surface area contributed by atoms with Crippen molar-refractivity contribution >= 4 is 22.6 Å². The van der Waals surface area contributed by atoms with Gasteiger partial charge in [-0.2, -0.15) is 0 Å². The number of thiazole rings is 1. The molecule has 0 saturated carbocycles. The van der Waals surface area contributed by atoms with Crippen molar-refractivity contribution in [3.05, 3.63) is 28.7 Å². The maximum Gasteiger partial charge on any atom is 0.194 e. The van der Waals surface area contributed by atoms with E-state index in [9.17, 15) is 4.79 Å². The lowest BCUT2D eigenvalue weighted by molar-refractivity contribution is 0.111. The van der Waals surface area contributed by atoms with Crippen LogP contribution in [0.25, 0.3) is 16.5 Å². The van der Waals surface area contributed by atoms with Gasteiger partial charge in [0.15, 0.2) is 17.1 Å². The highest BCUT2D eigenvalue weighted by Crippen LogP contribution is 2.25. The van der Waals surface area contributed by atoms with E-state index in [4.69, 9.17) is 0 Å². The minimum absolute atomic E-state index is 0.449. The Labute approximate surface area is 101 Å². The van der Waals surface area contributed by atoms with Gasteiger partial charge < -0.3 is 4.98 Å². The highest BCUT2D eigenvalue weighted by Gasteiger charge is 2.16. The third-order valence-electron chi connectivity index (χ3n) is 2.69. The second kappa shape index (κ2) is 3.53. The number of carbonyl (C=O) groups is 1. The first-order valence-corrected chi connectivity index (χ1v) is 6.03. The summed E-state index contributed by atoms with van der Waals surface area (Å²) >= 11 is 1.57. The van der Waals surface area contributed by atoms with Crippen molar-refractivity contribution < 1.29 is 4.79 Å². The maximum absolute atomic E-state index is 10.8. The van der Waals surface area contributed by atoms with Crippen LogP contribution in [-0.2, 0) is 0 Å². The van der Waals surface area contributed by atoms with Crippen LogP contribution in [0.5, 0.6) is 0 Å². The molecule has 6 heteroatoms. The Balaban J connectivity index is 2.28. The molecule has 0 saturated heterocycles. The normalized spacial score (nSPS) is 11.2. The minimum atomic E-state index is 0.449. The van der Waals surface area contributed by atoms with E-state index in [0.717, 1.165) is 28.3 Å². The fourth-order valence-corrected chi connectivity index (χ4v) is 2.64. The number of aldehydes is 1. The van der Waals surface area contributed by atoms with Crippen LogP contribution >= 0.6 is 11.3 Å². The zero-order valence-corrected chi connectivity index (χ0v) is 10.2. The van der Waals surface area contributed by atoms with Crippen molar-refractivity contribution in [3.63, 3.8) is 0 Å². The summed E-state index contributed by atoms with van der Waals surface area (Å²) in [5.41, 5.74) is 3.05. The molecular formula is C11H10N4OS. The number of hydrogen-bond acceptors (Lipinski definition) is 4. The zero-order chi connectivity index (χ0) is 12.0. The van der Waals surface area contributed by atoms with E-state index in [1.165, 1.54) is 0 Å². The van der Waals surface area contributed by atoms with Gasteiger partial charge in [0.1, 0.15) is 11.4 Å². The van der Waals surface area contributed by atoms with Gasteiger partial charge in [-0.1, -0.05) is 0 Å². The number of nitrogens with one attached hydrogen (secondary N) is 1. The molecule has 0 fully saturated rings. The van der Waals surface area contributed by atoms with Crippen LogP contribution in [0.3, 0.4) is 0 Å². The van der Waals surface area contributed by atoms with Crippen molar-refractivity contribution in [1.82, 2.24) is 19.4 Å². The number of carbonyl (C=O) groups excluding carboxylic acids is 1. The van der Waals surface area contributed by atoms with E-state index >= 15 is 0 Å². The summed E-state index contributed by atoms with van der Waals surface area (Å²) in [4.78, 5) is 23.6. The van der Waals surface area contributed by atoms with E-state index in [1.54, 1.807) is 11.3 Å². The molecule has 3 heterocycles. The number of rotatable bonds is 2. The van der Waals surface area contributed by atoms with Crippen molar-refractivity contribution in [1.29, 1.82) is 0 Å². The zero-order valence-electron chi connectivity index (χ0n) is 9.39. The van der Waals surface area contributed by atoms with Gasteiger partial charge in [-0.15, -0.1) is 11.3 Å². The van der Waals surface area contributed by atoms with Gasteiger partial charge in [0.2, 0.25) is 0 Å². The second-order valence-corrected chi connectivity index (χ2v) is 4.69. The SMILES string of the molecule is Cc1nc2sccn2c1-c1nc(C=O)c(C)[nH]1. The van der Waals surface area contributed by atoms with Gasteiger partial charge in [0.05, 0.1) is 5.69 Å². The predicted molar refractivity (Wildman–Crippen MR) is 65.5 cm³/mol. The number of fused-ring (bicyclic) bond motifs is 1. The molecule has 86 valence electrons. The van der Waals surface area contributed by atoms with Crippen LogP contribution in [0, 0.1) is 13.8 Å². The number of aromatic nitrogens is 4. The number of imidazole rings is 2. The first-order chi connectivity index (χ1) is 8.20. The number of aromatic amines is 1. The first kappa shape index (κ1) is 10.2. The molecule has 0 aromatic carbocycles. The summed E-state index contributed by atoms with van der Waals surface area (Å²) in [6, 6.07) is 0. The average molecular weight is 246 g/mol. The van der Waals surface area contributed by atoms with Gasteiger partial charge in [-0.25, -0.2) is 9.97 Å². The van der Waals surface area contributed by atoms with Crippen molar-refractivity contribution in [2.75, 3.05) is 0 Å². The molecule has 0 aliphatic rings. The molecular weight excluding hydrogens is 236 g/mol. The molecule has 0 radical (unpaired) electrons. The van der Waals surface area contributed by atoms with Crippen molar-refractivity contribution in [2.24, 2.45) is 0 Å². The van der Waals surface area contributed by atoms with Crippen LogP contribution in [0.4, 0.5) is 0 Å². The van der Waals surface area contributed by atoms with Crippen LogP contribution in [-0.4, -0.2) is 25.6 Å². The lowest BCUT2D eigenvalue weighted by Crippen LogP contribution is -1.89. The Morgan fingerprint density at radius 2 is 2.24 bits per heavy atom. The lowest BCUT2D eigenvalue weighted by Gasteiger charge is -1.95. The molecule has 3 rings (SSSR count). The van der Waals surface area contributed by atoms with E-state index in [0.29, 0.717) is 11.5 Å². The van der Waals surface area contributed by atoms with Gasteiger partial charge in [-0.05, 0) is 13.8 Å². The van der Waals surface area contributed by atoms with Gasteiger partial charge in [0.25, 0.3) is 0 Å². The van der Waals surface area contributed by atoms with Crippen LogP contribution in [0.2, 0.25) is 0 Å². The Morgan fingerprint density at radius 3 is 2.94 bits per heavy atom. The first-order valence-electron chi connectivity index (χ1n) is 5.15. The number of nitrogens with zero attached hydrogens (tertiary/aromatic N) is 3. The molecule has 17 heavy (non-hydrogen) atoms. The summed E-state index contributed by atoms with van der Waals surface area (Å²) in [6.07, 6.45) is 2.71. The average Bonchev–Trinajstić information content (AvgIpc) is 2.92. The number of hydrogen-bond donors (Lipinski definition) is 1. The monoisotopic (exact) mass is 246 g/mol. The summed E-state index contributed by atoms with van der Waals surface area (Å²) in [5, 5.41) is 1.97. The van der Waals surface area contributed by atoms with Crippen molar-refractivity contribution in [2.45, 2.75) is 13.8 Å². The molecule has 1 N–H and O–H groups in total. The fourth-order valence-electron chi connectivity index (χ4n) is 1.88. The number of aryl methyl sites for hydroxylation is 2. The Kier molecular flexibility index (Phi) is 2.12. The van der Waals surface area contributed by atoms with Crippen LogP contribution in [0.15, 0.2) is 11.6 Å². The molecule has 0 unspecified atom stereocenters. The molecule has 0 amide bonds.